The van der Waals surface area contributed by atoms with Crippen molar-refractivity contribution in [1.29, 1.82) is 0 Å². The highest BCUT2D eigenvalue weighted by molar-refractivity contribution is 5.86. The molecular weight excluding hydrogens is 196 g/mol. The van der Waals surface area contributed by atoms with E-state index in [2.05, 4.69) is 13.2 Å². The highest BCUT2D eigenvalue weighted by Gasteiger charge is 2.02. The minimum atomic E-state index is -0.436. The van der Waals surface area contributed by atoms with E-state index in [0.717, 1.165) is 6.08 Å². The molecule has 84 valence electrons. The van der Waals surface area contributed by atoms with Gasteiger partial charge in [0.15, 0.2) is 0 Å². The topological polar surface area (TPSA) is 52.6 Å². The van der Waals surface area contributed by atoms with Crippen molar-refractivity contribution in [3.05, 3.63) is 24.8 Å². The van der Waals surface area contributed by atoms with Crippen molar-refractivity contribution in [2.75, 3.05) is 13.2 Å². The molecule has 0 unspecified atom stereocenters. The minimum absolute atomic E-state index is 0.315. The molecule has 0 heterocycles. The van der Waals surface area contributed by atoms with Gasteiger partial charge in [0, 0.05) is 11.6 Å². The largest absolute Gasteiger partial charge is 0.463 e. The Labute approximate surface area is 89.6 Å². The Bertz CT molecular complexity index is 255. The summed E-state index contributed by atoms with van der Waals surface area (Å²) in [5.41, 5.74) is 0.382. The molecule has 0 spiro atoms. The summed E-state index contributed by atoms with van der Waals surface area (Å²) in [4.78, 5) is 21.5. The quantitative estimate of drug-likeness (QED) is 0.365. The number of ether oxygens (including phenoxy) is 2. The Morgan fingerprint density at radius 3 is 2.20 bits per heavy atom. The lowest BCUT2D eigenvalue weighted by atomic mass is 10.3. The molecule has 0 aromatic heterocycles. The fourth-order valence-electron chi connectivity index (χ4n) is 0.724. The molecule has 0 fully saturated rings. The number of carbonyl (C=O) groups is 2. The van der Waals surface area contributed by atoms with Crippen molar-refractivity contribution >= 4 is 11.9 Å². The monoisotopic (exact) mass is 212 g/mol. The average molecular weight is 212 g/mol. The molecule has 4 heteroatoms. The van der Waals surface area contributed by atoms with Gasteiger partial charge in [0.2, 0.25) is 0 Å². The standard InChI is InChI=1S/C11H16O4/c1-4-10(12)14-7-5-6-8-15-11(13)9(2)3/h4H,1-2,5-8H2,3H3. The fraction of sp³-hybridized carbons (Fsp3) is 0.455. The van der Waals surface area contributed by atoms with Gasteiger partial charge in [0.25, 0.3) is 0 Å². The molecular formula is C11H16O4. The molecule has 0 saturated carbocycles. The number of unbranched alkanes of at least 4 members (excludes halogenated alkanes) is 1. The predicted molar refractivity (Wildman–Crippen MR) is 56.2 cm³/mol. The van der Waals surface area contributed by atoms with Gasteiger partial charge in [-0.05, 0) is 19.8 Å². The molecule has 0 aliphatic rings. The molecule has 0 atom stereocenters. The molecule has 0 amide bonds. The molecule has 4 nitrogen and oxygen atoms in total. The first-order valence-corrected chi connectivity index (χ1v) is 4.69. The molecule has 0 aliphatic heterocycles. The normalized spacial score (nSPS) is 9.13. The number of rotatable bonds is 7. The van der Waals surface area contributed by atoms with E-state index in [-0.39, 0.29) is 0 Å². The van der Waals surface area contributed by atoms with Crippen LogP contribution in [0.4, 0.5) is 0 Å². The van der Waals surface area contributed by atoms with Crippen LogP contribution in [-0.2, 0) is 19.1 Å². The predicted octanol–water partition coefficient (Wildman–Crippen LogP) is 1.62. The Balaban J connectivity index is 3.32. The van der Waals surface area contributed by atoms with Crippen molar-refractivity contribution in [3.63, 3.8) is 0 Å². The number of hydrogen-bond acceptors (Lipinski definition) is 4. The Hall–Kier alpha value is -1.58. The van der Waals surface area contributed by atoms with Crippen molar-refractivity contribution in [3.8, 4) is 0 Å². The van der Waals surface area contributed by atoms with Crippen LogP contribution in [-0.4, -0.2) is 25.2 Å². The van der Waals surface area contributed by atoms with Gasteiger partial charge in [-0.25, -0.2) is 9.59 Å². The third-order valence-electron chi connectivity index (χ3n) is 1.53. The lowest BCUT2D eigenvalue weighted by molar-refractivity contribution is -0.140. The fourth-order valence-corrected chi connectivity index (χ4v) is 0.724. The van der Waals surface area contributed by atoms with Gasteiger partial charge in [-0.2, -0.15) is 0 Å². The molecule has 0 aromatic rings. The van der Waals surface area contributed by atoms with E-state index < -0.39 is 11.9 Å². The summed E-state index contributed by atoms with van der Waals surface area (Å²) < 4.78 is 9.57. The maximum absolute atomic E-state index is 10.9. The summed E-state index contributed by atoms with van der Waals surface area (Å²) >= 11 is 0. The summed E-state index contributed by atoms with van der Waals surface area (Å²) in [5, 5.41) is 0. The van der Waals surface area contributed by atoms with Gasteiger partial charge >= 0.3 is 11.9 Å². The van der Waals surface area contributed by atoms with E-state index in [1.54, 1.807) is 6.92 Å². The summed E-state index contributed by atoms with van der Waals surface area (Å²) in [6, 6.07) is 0. The number of esters is 2. The third kappa shape index (κ3) is 7.49. The number of carbonyl (C=O) groups excluding carboxylic acids is 2. The van der Waals surface area contributed by atoms with Crippen molar-refractivity contribution < 1.29 is 19.1 Å². The van der Waals surface area contributed by atoms with E-state index in [0.29, 0.717) is 31.6 Å². The van der Waals surface area contributed by atoms with Gasteiger partial charge < -0.3 is 9.47 Å². The molecule has 0 saturated heterocycles. The molecule has 0 radical (unpaired) electrons. The summed E-state index contributed by atoms with van der Waals surface area (Å²) in [7, 11) is 0. The van der Waals surface area contributed by atoms with Gasteiger partial charge in [-0.3, -0.25) is 0 Å². The lowest BCUT2D eigenvalue weighted by Gasteiger charge is -2.04. The van der Waals surface area contributed by atoms with Crippen LogP contribution in [0.3, 0.4) is 0 Å². The Kier molecular flexibility index (Phi) is 6.97. The molecule has 0 aliphatic carbocycles. The van der Waals surface area contributed by atoms with E-state index in [1.807, 2.05) is 0 Å². The molecule has 0 bridgehead atoms. The number of hydrogen-bond donors (Lipinski definition) is 0. The van der Waals surface area contributed by atoms with Crippen LogP contribution >= 0.6 is 0 Å². The van der Waals surface area contributed by atoms with E-state index in [4.69, 9.17) is 9.47 Å². The molecule has 0 N–H and O–H groups in total. The van der Waals surface area contributed by atoms with Gasteiger partial charge in [0.05, 0.1) is 13.2 Å². The van der Waals surface area contributed by atoms with E-state index >= 15 is 0 Å². The first-order chi connectivity index (χ1) is 7.07. The molecule has 0 aromatic carbocycles. The second-order valence-corrected chi connectivity index (χ2v) is 2.99. The van der Waals surface area contributed by atoms with Crippen molar-refractivity contribution in [2.45, 2.75) is 19.8 Å². The smallest absolute Gasteiger partial charge is 0.333 e. The third-order valence-corrected chi connectivity index (χ3v) is 1.53. The first-order valence-electron chi connectivity index (χ1n) is 4.69. The second-order valence-electron chi connectivity index (χ2n) is 2.99. The van der Waals surface area contributed by atoms with Crippen LogP contribution in [0.2, 0.25) is 0 Å². The van der Waals surface area contributed by atoms with Crippen molar-refractivity contribution in [2.24, 2.45) is 0 Å². The van der Waals surface area contributed by atoms with Crippen LogP contribution < -0.4 is 0 Å². The Morgan fingerprint density at radius 1 is 1.20 bits per heavy atom. The average Bonchev–Trinajstić information content (AvgIpc) is 2.22. The first kappa shape index (κ1) is 13.4. The summed E-state index contributed by atoms with van der Waals surface area (Å²) in [6.45, 7) is 8.94. The zero-order valence-electron chi connectivity index (χ0n) is 8.95. The zero-order valence-corrected chi connectivity index (χ0v) is 8.95. The van der Waals surface area contributed by atoms with Crippen LogP contribution in [0.5, 0.6) is 0 Å². The van der Waals surface area contributed by atoms with Crippen LogP contribution in [0.1, 0.15) is 19.8 Å². The molecule has 0 rings (SSSR count). The molecule has 15 heavy (non-hydrogen) atoms. The van der Waals surface area contributed by atoms with E-state index in [9.17, 15) is 9.59 Å². The van der Waals surface area contributed by atoms with Gasteiger partial charge in [0.1, 0.15) is 0 Å². The maximum Gasteiger partial charge on any atom is 0.333 e. The van der Waals surface area contributed by atoms with E-state index in [1.165, 1.54) is 0 Å². The SMILES string of the molecule is C=CC(=O)OCCCCOC(=O)C(=C)C. The Morgan fingerprint density at radius 2 is 1.73 bits per heavy atom. The van der Waals surface area contributed by atoms with Crippen LogP contribution in [0.25, 0.3) is 0 Å². The van der Waals surface area contributed by atoms with Gasteiger partial charge in [-0.1, -0.05) is 13.2 Å². The van der Waals surface area contributed by atoms with Gasteiger partial charge in [-0.15, -0.1) is 0 Å². The summed E-state index contributed by atoms with van der Waals surface area (Å²) in [6.07, 6.45) is 2.42. The van der Waals surface area contributed by atoms with Crippen LogP contribution in [0.15, 0.2) is 24.8 Å². The zero-order chi connectivity index (χ0) is 11.7. The highest BCUT2D eigenvalue weighted by Crippen LogP contribution is 1.96. The summed E-state index contributed by atoms with van der Waals surface area (Å²) in [5.74, 6) is -0.827. The maximum atomic E-state index is 10.9. The second kappa shape index (κ2) is 7.79. The van der Waals surface area contributed by atoms with Crippen molar-refractivity contribution in [1.82, 2.24) is 0 Å². The minimum Gasteiger partial charge on any atom is -0.463 e. The van der Waals surface area contributed by atoms with Crippen LogP contribution in [0, 0.1) is 0 Å². The highest BCUT2D eigenvalue weighted by atomic mass is 16.5. The lowest BCUT2D eigenvalue weighted by Crippen LogP contribution is -2.07.